The Morgan fingerprint density at radius 2 is 1.76 bits per heavy atom. The number of carbonyl (C=O) groups excluding carboxylic acids is 1. The second-order valence-electron chi connectivity index (χ2n) is 10.1. The standard InChI is InChI=1S/C30H33ClFN3O5S/c1-3-40-21-9-11-22(12-10-21)41(37,38)35-27-20-28(39-2)25(31)19-24(27)30(29(35)36,23-7-4-5-8-26(23)32)13-6-16-34-17-14-33-15-18-34/h4-5,7-12,19-20,33H,3,6,13-18H2,1-2H3. The zero-order valence-corrected chi connectivity index (χ0v) is 24.6. The summed E-state index contributed by atoms with van der Waals surface area (Å²) in [5, 5.41) is 3.52. The van der Waals surface area contributed by atoms with Gasteiger partial charge in [-0.1, -0.05) is 29.8 Å². The van der Waals surface area contributed by atoms with Crippen molar-refractivity contribution in [3.63, 3.8) is 0 Å². The summed E-state index contributed by atoms with van der Waals surface area (Å²) < 4.78 is 55.6. The van der Waals surface area contributed by atoms with Gasteiger partial charge in [0.1, 0.15) is 22.7 Å². The first kappa shape index (κ1) is 29.3. The lowest BCUT2D eigenvalue weighted by Crippen LogP contribution is -2.46. The van der Waals surface area contributed by atoms with E-state index in [1.165, 1.54) is 43.5 Å². The Balaban J connectivity index is 1.66. The van der Waals surface area contributed by atoms with Crippen LogP contribution in [0, 0.1) is 5.82 Å². The summed E-state index contributed by atoms with van der Waals surface area (Å²) in [5.41, 5.74) is -1.09. The van der Waals surface area contributed by atoms with Crippen molar-refractivity contribution in [3.05, 3.63) is 82.6 Å². The molecule has 5 rings (SSSR count). The summed E-state index contributed by atoms with van der Waals surface area (Å²) in [4.78, 5) is 16.8. The van der Waals surface area contributed by atoms with Crippen molar-refractivity contribution in [1.82, 2.24) is 10.2 Å². The molecule has 41 heavy (non-hydrogen) atoms. The summed E-state index contributed by atoms with van der Waals surface area (Å²) in [5.74, 6) is -0.644. The number of hydrogen-bond acceptors (Lipinski definition) is 7. The van der Waals surface area contributed by atoms with Crippen LogP contribution in [0.1, 0.15) is 30.9 Å². The van der Waals surface area contributed by atoms with Gasteiger partial charge < -0.3 is 19.7 Å². The van der Waals surface area contributed by atoms with Gasteiger partial charge in [0.25, 0.3) is 15.9 Å². The van der Waals surface area contributed by atoms with Crippen LogP contribution in [-0.2, 0) is 20.2 Å². The van der Waals surface area contributed by atoms with E-state index in [4.69, 9.17) is 21.1 Å². The van der Waals surface area contributed by atoms with Crippen LogP contribution in [0.2, 0.25) is 5.02 Å². The van der Waals surface area contributed by atoms with Crippen LogP contribution in [0.25, 0.3) is 0 Å². The summed E-state index contributed by atoms with van der Waals surface area (Å²) in [7, 11) is -3.01. The number of benzene rings is 3. The van der Waals surface area contributed by atoms with Crippen LogP contribution in [0.3, 0.4) is 0 Å². The second kappa shape index (κ2) is 12.0. The molecule has 218 valence electrons. The zero-order chi connectivity index (χ0) is 29.2. The molecule has 0 radical (unpaired) electrons. The van der Waals surface area contributed by atoms with Crippen molar-refractivity contribution in [3.8, 4) is 11.5 Å². The molecule has 0 aliphatic carbocycles. The van der Waals surface area contributed by atoms with Gasteiger partial charge in [0.2, 0.25) is 0 Å². The number of amides is 1. The third kappa shape index (κ3) is 5.30. The Labute approximate surface area is 245 Å². The fourth-order valence-corrected chi connectivity index (χ4v) is 7.49. The number of sulfonamides is 1. The van der Waals surface area contributed by atoms with Gasteiger partial charge in [-0.2, -0.15) is 0 Å². The van der Waals surface area contributed by atoms with E-state index < -0.39 is 27.2 Å². The number of anilines is 1. The van der Waals surface area contributed by atoms with E-state index in [9.17, 15) is 13.2 Å². The van der Waals surface area contributed by atoms with Crippen LogP contribution in [0.15, 0.2) is 65.6 Å². The molecule has 0 spiro atoms. The molecule has 1 N–H and O–H groups in total. The Hall–Kier alpha value is -3.18. The van der Waals surface area contributed by atoms with Crippen LogP contribution >= 0.6 is 11.6 Å². The molecule has 1 atom stereocenters. The van der Waals surface area contributed by atoms with Crippen LogP contribution < -0.4 is 19.1 Å². The van der Waals surface area contributed by atoms with E-state index in [1.54, 1.807) is 24.3 Å². The fraction of sp³-hybridized carbons (Fsp3) is 0.367. The highest BCUT2D eigenvalue weighted by Gasteiger charge is 2.57. The Kier molecular flexibility index (Phi) is 8.56. The van der Waals surface area contributed by atoms with E-state index in [0.717, 1.165) is 30.5 Å². The monoisotopic (exact) mass is 601 g/mol. The Bertz CT molecular complexity index is 1530. The molecular weight excluding hydrogens is 569 g/mol. The molecule has 1 fully saturated rings. The number of ether oxygens (including phenoxy) is 2. The maximum Gasteiger partial charge on any atom is 0.270 e. The molecule has 3 aromatic rings. The smallest absolute Gasteiger partial charge is 0.270 e. The first-order chi connectivity index (χ1) is 19.7. The van der Waals surface area contributed by atoms with Gasteiger partial charge >= 0.3 is 0 Å². The zero-order valence-electron chi connectivity index (χ0n) is 23.0. The largest absolute Gasteiger partial charge is 0.495 e. The number of methoxy groups -OCH3 is 1. The van der Waals surface area contributed by atoms with Gasteiger partial charge in [-0.25, -0.2) is 17.1 Å². The third-order valence-corrected chi connectivity index (χ3v) is 9.75. The SMILES string of the molecule is CCOc1ccc(S(=O)(=O)N2C(=O)C(CCCN3CCNCC3)(c3ccccc3F)c3cc(Cl)c(OC)cc32)cc1. The van der Waals surface area contributed by atoms with Gasteiger partial charge in [-0.3, -0.25) is 4.79 Å². The maximum absolute atomic E-state index is 15.6. The van der Waals surface area contributed by atoms with Crippen molar-refractivity contribution in [2.45, 2.75) is 30.1 Å². The molecule has 1 saturated heterocycles. The lowest BCUT2D eigenvalue weighted by molar-refractivity contribution is -0.121. The van der Waals surface area contributed by atoms with Crippen molar-refractivity contribution in [2.24, 2.45) is 0 Å². The number of carbonyl (C=O) groups is 1. The highest BCUT2D eigenvalue weighted by atomic mass is 35.5. The summed E-state index contributed by atoms with van der Waals surface area (Å²) in [6.07, 6.45) is 0.710. The molecule has 0 bridgehead atoms. The summed E-state index contributed by atoms with van der Waals surface area (Å²) in [6.45, 7) is 6.37. The van der Waals surface area contributed by atoms with Gasteiger partial charge in [-0.15, -0.1) is 0 Å². The molecule has 2 heterocycles. The fourth-order valence-electron chi connectivity index (χ4n) is 5.77. The number of piperazine rings is 1. The van der Waals surface area contributed by atoms with Crippen molar-refractivity contribution in [2.75, 3.05) is 50.7 Å². The average molecular weight is 602 g/mol. The van der Waals surface area contributed by atoms with Gasteiger partial charge in [-0.05, 0) is 68.3 Å². The molecule has 0 saturated carbocycles. The maximum atomic E-state index is 15.6. The molecule has 3 aromatic carbocycles. The first-order valence-electron chi connectivity index (χ1n) is 13.6. The van der Waals surface area contributed by atoms with Crippen molar-refractivity contribution in [1.29, 1.82) is 0 Å². The molecule has 2 aliphatic rings. The minimum atomic E-state index is -4.42. The average Bonchev–Trinajstić information content (AvgIpc) is 3.21. The minimum Gasteiger partial charge on any atom is -0.495 e. The lowest BCUT2D eigenvalue weighted by atomic mass is 9.72. The molecule has 0 aromatic heterocycles. The quantitative estimate of drug-likeness (QED) is 0.364. The highest BCUT2D eigenvalue weighted by Crippen LogP contribution is 2.53. The number of halogens is 2. The van der Waals surface area contributed by atoms with Crippen molar-refractivity contribution < 1.29 is 27.1 Å². The highest BCUT2D eigenvalue weighted by molar-refractivity contribution is 7.93. The van der Waals surface area contributed by atoms with Crippen LogP contribution in [-0.4, -0.2) is 65.7 Å². The topological polar surface area (TPSA) is 88.2 Å². The van der Waals surface area contributed by atoms with E-state index in [1.807, 2.05) is 6.92 Å². The van der Waals surface area contributed by atoms with E-state index in [2.05, 4.69) is 10.2 Å². The molecule has 1 amide bonds. The minimum absolute atomic E-state index is 0.0931. The molecule has 8 nitrogen and oxygen atoms in total. The Morgan fingerprint density at radius 1 is 1.05 bits per heavy atom. The molecule has 11 heteroatoms. The number of nitrogens with one attached hydrogen (secondary N) is 1. The predicted octanol–water partition coefficient (Wildman–Crippen LogP) is 4.59. The Morgan fingerprint density at radius 3 is 2.41 bits per heavy atom. The van der Waals surface area contributed by atoms with Gasteiger partial charge in [0.05, 0.1) is 29.3 Å². The number of rotatable bonds is 10. The van der Waals surface area contributed by atoms with Crippen LogP contribution in [0.5, 0.6) is 11.5 Å². The molecular formula is C30H33ClFN3O5S. The normalized spacial score (nSPS) is 19.3. The lowest BCUT2D eigenvalue weighted by Gasteiger charge is -2.32. The summed E-state index contributed by atoms with van der Waals surface area (Å²) >= 11 is 6.57. The number of fused-ring (bicyclic) bond motifs is 1. The second-order valence-corrected chi connectivity index (χ2v) is 12.3. The summed E-state index contributed by atoms with van der Waals surface area (Å²) in [6, 6.07) is 14.9. The number of nitrogens with zero attached hydrogens (tertiary/aromatic N) is 2. The van der Waals surface area contributed by atoms with E-state index in [0.29, 0.717) is 30.9 Å². The molecule has 2 aliphatic heterocycles. The van der Waals surface area contributed by atoms with Crippen molar-refractivity contribution >= 4 is 33.2 Å². The van der Waals surface area contributed by atoms with Gasteiger partial charge in [0, 0.05) is 37.8 Å². The van der Waals surface area contributed by atoms with E-state index in [-0.39, 0.29) is 33.3 Å². The van der Waals surface area contributed by atoms with Crippen LogP contribution in [0.4, 0.5) is 10.1 Å². The molecule has 1 unspecified atom stereocenters. The first-order valence-corrected chi connectivity index (χ1v) is 15.4. The third-order valence-electron chi connectivity index (χ3n) is 7.74. The predicted molar refractivity (Wildman–Crippen MR) is 156 cm³/mol. The number of hydrogen-bond donors (Lipinski definition) is 1. The van der Waals surface area contributed by atoms with Gasteiger partial charge in [0.15, 0.2) is 0 Å². The van der Waals surface area contributed by atoms with E-state index >= 15 is 4.39 Å².